The Morgan fingerprint density at radius 1 is 1.12 bits per heavy atom. The molecule has 2 N–H and O–H groups in total. The molecule has 0 saturated carbocycles. The molecule has 0 aliphatic carbocycles. The van der Waals surface area contributed by atoms with Crippen LogP contribution in [-0.4, -0.2) is 30.3 Å². The van der Waals surface area contributed by atoms with E-state index in [0.717, 1.165) is 0 Å². The first kappa shape index (κ1) is 16.5. The third kappa shape index (κ3) is 3.45. The van der Waals surface area contributed by atoms with Crippen LogP contribution in [0.5, 0.6) is 11.5 Å². The van der Waals surface area contributed by atoms with Crippen molar-refractivity contribution in [3.05, 3.63) is 60.0 Å². The number of methoxy groups -OCH3 is 2. The number of carbonyl (C=O) groups excluding carboxylic acids is 1. The largest absolute Gasteiger partial charge is 0.497 e. The maximum Gasteiger partial charge on any atom is 0.273 e. The number of nitrogens with one attached hydrogen (secondary N) is 2. The number of rotatable bonds is 5. The van der Waals surface area contributed by atoms with Crippen molar-refractivity contribution < 1.29 is 18.7 Å². The number of nitrogens with zero attached hydrogens (tertiary/aromatic N) is 1. The van der Waals surface area contributed by atoms with Crippen LogP contribution < -0.4 is 14.8 Å². The third-order valence-corrected chi connectivity index (χ3v) is 3.63. The average molecular weight is 341 g/mol. The van der Waals surface area contributed by atoms with Crippen LogP contribution in [0.1, 0.15) is 10.5 Å². The Morgan fingerprint density at radius 3 is 2.64 bits per heavy atom. The number of hydrogen-bond acceptors (Lipinski definition) is 4. The van der Waals surface area contributed by atoms with E-state index in [4.69, 9.17) is 9.47 Å². The number of ether oxygens (including phenoxy) is 2. The molecule has 0 atom stereocenters. The van der Waals surface area contributed by atoms with Crippen molar-refractivity contribution in [2.75, 3.05) is 19.5 Å². The van der Waals surface area contributed by atoms with Crippen LogP contribution in [0, 0.1) is 5.82 Å². The molecule has 6 nitrogen and oxygen atoms in total. The number of amides is 1. The Labute approximate surface area is 143 Å². The number of carbonyl (C=O) groups is 1. The zero-order valence-electron chi connectivity index (χ0n) is 13.7. The average Bonchev–Trinajstić information content (AvgIpc) is 3.13. The van der Waals surface area contributed by atoms with Gasteiger partial charge in [0.15, 0.2) is 0 Å². The molecule has 0 unspecified atom stereocenters. The molecule has 3 aromatic rings. The fourth-order valence-corrected chi connectivity index (χ4v) is 2.34. The molecule has 1 heterocycles. The van der Waals surface area contributed by atoms with Crippen molar-refractivity contribution in [1.82, 2.24) is 10.2 Å². The third-order valence-electron chi connectivity index (χ3n) is 3.63. The molecule has 0 aliphatic rings. The predicted octanol–water partition coefficient (Wildman–Crippen LogP) is 3.49. The van der Waals surface area contributed by atoms with E-state index in [1.165, 1.54) is 19.2 Å². The van der Waals surface area contributed by atoms with Gasteiger partial charge in [-0.15, -0.1) is 0 Å². The normalized spacial score (nSPS) is 10.4. The van der Waals surface area contributed by atoms with Gasteiger partial charge in [-0.25, -0.2) is 4.39 Å². The molecule has 1 aromatic heterocycles. The maximum absolute atomic E-state index is 13.6. The Morgan fingerprint density at radius 2 is 1.92 bits per heavy atom. The van der Waals surface area contributed by atoms with Gasteiger partial charge in [-0.1, -0.05) is 12.1 Å². The highest BCUT2D eigenvalue weighted by molar-refractivity contribution is 6.03. The van der Waals surface area contributed by atoms with Crippen LogP contribution in [0.15, 0.2) is 48.5 Å². The van der Waals surface area contributed by atoms with Gasteiger partial charge in [0.05, 0.1) is 25.6 Å². The minimum atomic E-state index is -0.507. The molecule has 0 radical (unpaired) electrons. The second-order valence-electron chi connectivity index (χ2n) is 5.17. The van der Waals surface area contributed by atoms with Crippen molar-refractivity contribution in [2.24, 2.45) is 0 Å². The summed E-state index contributed by atoms with van der Waals surface area (Å²) in [6, 6.07) is 12.8. The summed E-state index contributed by atoms with van der Waals surface area (Å²) in [5, 5.41) is 9.29. The molecule has 0 spiro atoms. The number of benzene rings is 2. The highest BCUT2D eigenvalue weighted by Gasteiger charge is 2.15. The highest BCUT2D eigenvalue weighted by atomic mass is 19.1. The zero-order chi connectivity index (χ0) is 17.8. The summed E-state index contributed by atoms with van der Waals surface area (Å²) in [7, 11) is 3.10. The van der Waals surface area contributed by atoms with Crippen LogP contribution >= 0.6 is 0 Å². The number of para-hydroxylation sites is 1. The van der Waals surface area contributed by atoms with Crippen molar-refractivity contribution in [1.29, 1.82) is 0 Å². The molecular weight excluding hydrogens is 325 g/mol. The van der Waals surface area contributed by atoms with Gasteiger partial charge in [-0.05, 0) is 30.3 Å². The first-order valence-corrected chi connectivity index (χ1v) is 7.46. The van der Waals surface area contributed by atoms with Gasteiger partial charge in [0, 0.05) is 11.6 Å². The fourth-order valence-electron chi connectivity index (χ4n) is 2.34. The first-order chi connectivity index (χ1) is 12.1. The van der Waals surface area contributed by atoms with E-state index in [0.29, 0.717) is 22.8 Å². The Hall–Kier alpha value is -3.35. The SMILES string of the molecule is COc1ccc(-c2cc(C(=O)Nc3ccccc3F)[nH]n2)c(OC)c1. The van der Waals surface area contributed by atoms with E-state index in [1.807, 2.05) is 0 Å². The summed E-state index contributed by atoms with van der Waals surface area (Å²) in [4.78, 5) is 12.3. The van der Waals surface area contributed by atoms with E-state index in [-0.39, 0.29) is 11.4 Å². The molecule has 1 amide bonds. The van der Waals surface area contributed by atoms with Crippen LogP contribution in [0.2, 0.25) is 0 Å². The summed E-state index contributed by atoms with van der Waals surface area (Å²) in [6.45, 7) is 0. The van der Waals surface area contributed by atoms with E-state index in [1.54, 1.807) is 43.5 Å². The number of hydrogen-bond donors (Lipinski definition) is 2. The van der Waals surface area contributed by atoms with Crippen LogP contribution in [0.4, 0.5) is 10.1 Å². The van der Waals surface area contributed by atoms with Gasteiger partial charge < -0.3 is 14.8 Å². The van der Waals surface area contributed by atoms with Gasteiger partial charge in [-0.2, -0.15) is 5.10 Å². The quantitative estimate of drug-likeness (QED) is 0.745. The van der Waals surface area contributed by atoms with E-state index < -0.39 is 11.7 Å². The number of anilines is 1. The first-order valence-electron chi connectivity index (χ1n) is 7.46. The standard InChI is InChI=1S/C18H16FN3O3/c1-24-11-7-8-12(17(9-11)25-2)15-10-16(22-21-15)18(23)20-14-6-4-3-5-13(14)19/h3-10H,1-2H3,(H,20,23)(H,21,22). The molecule has 0 fully saturated rings. The van der Waals surface area contributed by atoms with Gasteiger partial charge in [-0.3, -0.25) is 9.89 Å². The summed E-state index contributed by atoms with van der Waals surface area (Å²) in [6.07, 6.45) is 0. The molecule has 7 heteroatoms. The van der Waals surface area contributed by atoms with Crippen LogP contribution in [0.25, 0.3) is 11.3 Å². The number of H-pyrrole nitrogens is 1. The molecule has 25 heavy (non-hydrogen) atoms. The van der Waals surface area contributed by atoms with Crippen molar-refractivity contribution in [3.63, 3.8) is 0 Å². The van der Waals surface area contributed by atoms with Crippen LogP contribution in [-0.2, 0) is 0 Å². The molecular formula is C18H16FN3O3. The Bertz CT molecular complexity index is 908. The van der Waals surface area contributed by atoms with E-state index in [2.05, 4.69) is 15.5 Å². The van der Waals surface area contributed by atoms with Gasteiger partial charge in [0.2, 0.25) is 0 Å². The summed E-state index contributed by atoms with van der Waals surface area (Å²) < 4.78 is 24.1. The topological polar surface area (TPSA) is 76.2 Å². The summed E-state index contributed by atoms with van der Waals surface area (Å²) >= 11 is 0. The van der Waals surface area contributed by atoms with Crippen molar-refractivity contribution in [2.45, 2.75) is 0 Å². The summed E-state index contributed by atoms with van der Waals surface area (Å²) in [5.74, 6) is 0.212. The number of aromatic nitrogens is 2. The monoisotopic (exact) mass is 341 g/mol. The maximum atomic E-state index is 13.6. The minimum Gasteiger partial charge on any atom is -0.497 e. The second-order valence-corrected chi connectivity index (χ2v) is 5.17. The van der Waals surface area contributed by atoms with Gasteiger partial charge in [0.1, 0.15) is 23.0 Å². The molecule has 128 valence electrons. The number of aromatic amines is 1. The smallest absolute Gasteiger partial charge is 0.273 e. The van der Waals surface area contributed by atoms with E-state index in [9.17, 15) is 9.18 Å². The lowest BCUT2D eigenvalue weighted by Crippen LogP contribution is -2.13. The molecule has 0 aliphatic heterocycles. The molecule has 3 rings (SSSR count). The Kier molecular flexibility index (Phi) is 4.65. The lowest BCUT2D eigenvalue weighted by atomic mass is 10.1. The molecule has 2 aromatic carbocycles. The summed E-state index contributed by atoms with van der Waals surface area (Å²) in [5.41, 5.74) is 1.53. The number of halogens is 1. The lowest BCUT2D eigenvalue weighted by molar-refractivity contribution is 0.102. The van der Waals surface area contributed by atoms with Crippen LogP contribution in [0.3, 0.4) is 0 Å². The van der Waals surface area contributed by atoms with Crippen molar-refractivity contribution in [3.8, 4) is 22.8 Å². The Balaban J connectivity index is 1.85. The second kappa shape index (κ2) is 7.04. The lowest BCUT2D eigenvalue weighted by Gasteiger charge is -2.08. The van der Waals surface area contributed by atoms with E-state index >= 15 is 0 Å². The molecule has 0 saturated heterocycles. The zero-order valence-corrected chi connectivity index (χ0v) is 13.7. The van der Waals surface area contributed by atoms with Crippen molar-refractivity contribution >= 4 is 11.6 Å². The molecule has 0 bridgehead atoms. The fraction of sp³-hybridized carbons (Fsp3) is 0.111. The van der Waals surface area contributed by atoms with Gasteiger partial charge >= 0.3 is 0 Å². The van der Waals surface area contributed by atoms with Gasteiger partial charge in [0.25, 0.3) is 5.91 Å². The highest BCUT2D eigenvalue weighted by Crippen LogP contribution is 2.32. The minimum absolute atomic E-state index is 0.102. The predicted molar refractivity (Wildman–Crippen MR) is 91.5 cm³/mol.